The summed E-state index contributed by atoms with van der Waals surface area (Å²) in [6.45, 7) is 20.9. The molecule has 0 bridgehead atoms. The third kappa shape index (κ3) is 17.4. The number of hydrogen-bond acceptors (Lipinski definition) is 12. The molecule has 410 valence electrons. The number of methoxy groups -OCH3 is 2. The zero-order chi connectivity index (χ0) is 55.7. The number of carbonyl (C=O) groups is 5. The summed E-state index contributed by atoms with van der Waals surface area (Å²) in [6, 6.07) is 22.7. The number of allylic oxidation sites excluding steroid dienone is 3. The molecule has 1 heterocycles. The van der Waals surface area contributed by atoms with Crippen molar-refractivity contribution >= 4 is 30.2 Å². The summed E-state index contributed by atoms with van der Waals surface area (Å²) < 4.78 is 22.7. The largest absolute Gasteiger partial charge is 0.514 e. The lowest BCUT2D eigenvalue weighted by molar-refractivity contribution is -0.132. The highest BCUT2D eigenvalue weighted by Crippen LogP contribution is 2.47. The number of phenols is 1. The van der Waals surface area contributed by atoms with Gasteiger partial charge in [0.2, 0.25) is 5.91 Å². The molecule has 6 atom stereocenters. The van der Waals surface area contributed by atoms with Gasteiger partial charge in [-0.05, 0) is 104 Å². The smallest absolute Gasteiger partial charge is 0.507 e. The number of aromatic hydroxyl groups is 1. The van der Waals surface area contributed by atoms with E-state index in [9.17, 15) is 29.1 Å². The molecule has 1 aliphatic carbocycles. The molecule has 0 aliphatic heterocycles. The number of nitrogens with zero attached hydrogens (tertiary/aromatic N) is 2. The number of aryl methyl sites for hydroxylation is 1. The Morgan fingerprint density at radius 3 is 2.01 bits per heavy atom. The molecule has 0 fully saturated rings. The summed E-state index contributed by atoms with van der Waals surface area (Å²) in [6.07, 6.45) is 4.84. The quantitative estimate of drug-likeness (QED) is 0.0124. The number of alkyl carbamates (subject to hydrolysis) is 2. The SMILES string of the molecule is C=C(C)C1CCC(C)=CC1c1c(O)cc(CCCCC)cc1OC(=O)O[C@@H](CN(Cc1ccc(-c2ccccn2)cc1)NC(=O)[C@H](NC(=O)OC)C(C)(C)C)[C@H](Cc1ccccc1)NC(=O)[C@@H](NC(=O)OC)C(C)(C)C. The lowest BCUT2D eigenvalue weighted by Crippen LogP contribution is -2.61. The fourth-order valence-electron chi connectivity index (χ4n) is 9.44. The minimum absolute atomic E-state index is 0.0204. The van der Waals surface area contributed by atoms with Gasteiger partial charge in [0.1, 0.15) is 29.7 Å². The molecule has 16 heteroatoms. The van der Waals surface area contributed by atoms with Crippen LogP contribution in [0.5, 0.6) is 11.5 Å². The van der Waals surface area contributed by atoms with Crippen molar-refractivity contribution in [3.8, 4) is 22.8 Å². The standard InChI is InChI=1S/C60H80N6O10/c1-13-14-16-23-42-34-48(67)51(45-32-39(4)25-30-44(45)38(2)3)49(35-42)75-58(72)76-50(47(33-40-21-17-15-18-22-40)62-54(68)52(59(5,6)7)63-56(70)73-11)37-66(65-55(69)53(60(8,9)10)64-57(71)74-12)36-41-26-28-43(29-27-41)46-24-19-20-31-61-46/h15,17-22,24,26-29,31-32,34-35,44-45,47,50,52-53,67H,2,13-14,16,23,25,30,33,36-37H2,1,3-12H3,(H,62,68)(H,63,70)(H,64,71)(H,65,69)/t44?,45?,47-,50-,52+,53-/m0/s1. The molecule has 5 N–H and O–H groups in total. The third-order valence-corrected chi connectivity index (χ3v) is 13.6. The van der Waals surface area contributed by atoms with Crippen LogP contribution >= 0.6 is 0 Å². The predicted molar refractivity (Wildman–Crippen MR) is 294 cm³/mol. The number of pyridine rings is 1. The maximum Gasteiger partial charge on any atom is 0.514 e. The number of aromatic nitrogens is 1. The Hall–Kier alpha value is -7.20. The van der Waals surface area contributed by atoms with Gasteiger partial charge >= 0.3 is 18.3 Å². The number of rotatable bonds is 22. The second-order valence-corrected chi connectivity index (χ2v) is 22.0. The van der Waals surface area contributed by atoms with E-state index in [2.05, 4.69) is 45.9 Å². The van der Waals surface area contributed by atoms with Gasteiger partial charge in [-0.15, -0.1) is 0 Å². The maximum atomic E-state index is 15.0. The van der Waals surface area contributed by atoms with Gasteiger partial charge in [-0.3, -0.25) is 20.0 Å². The van der Waals surface area contributed by atoms with Crippen LogP contribution in [0, 0.1) is 16.7 Å². The molecule has 3 aromatic carbocycles. The van der Waals surface area contributed by atoms with E-state index in [1.165, 1.54) is 14.2 Å². The van der Waals surface area contributed by atoms with Gasteiger partial charge in [0, 0.05) is 29.8 Å². The first-order valence-corrected chi connectivity index (χ1v) is 26.2. The zero-order valence-corrected chi connectivity index (χ0v) is 46.3. The van der Waals surface area contributed by atoms with Gasteiger partial charge in [0.15, 0.2) is 0 Å². The Morgan fingerprint density at radius 1 is 0.803 bits per heavy atom. The first kappa shape index (κ1) is 59.7. The number of amides is 4. The van der Waals surface area contributed by atoms with E-state index >= 15 is 0 Å². The van der Waals surface area contributed by atoms with Crippen molar-refractivity contribution in [3.05, 3.63) is 137 Å². The van der Waals surface area contributed by atoms with Crippen molar-refractivity contribution in [2.75, 3.05) is 20.8 Å². The van der Waals surface area contributed by atoms with Crippen LogP contribution in [0.3, 0.4) is 0 Å². The normalized spacial score (nSPS) is 16.2. The second-order valence-electron chi connectivity index (χ2n) is 22.0. The van der Waals surface area contributed by atoms with E-state index in [0.29, 0.717) is 12.0 Å². The Bertz CT molecular complexity index is 2630. The highest BCUT2D eigenvalue weighted by atomic mass is 16.7. The second kappa shape index (κ2) is 27.5. The molecule has 0 saturated carbocycles. The first-order chi connectivity index (χ1) is 36.0. The number of phenolic OH excluding ortho intramolecular Hbond substituents is 1. The topological polar surface area (TPSA) is 207 Å². The van der Waals surface area contributed by atoms with Crippen LogP contribution in [0.2, 0.25) is 0 Å². The van der Waals surface area contributed by atoms with E-state index in [0.717, 1.165) is 71.2 Å². The fourth-order valence-corrected chi connectivity index (χ4v) is 9.44. The Morgan fingerprint density at radius 2 is 1.43 bits per heavy atom. The molecule has 0 spiro atoms. The van der Waals surface area contributed by atoms with Crippen molar-refractivity contribution in [1.82, 2.24) is 31.4 Å². The molecular formula is C60H80N6O10. The lowest BCUT2D eigenvalue weighted by atomic mass is 9.73. The number of unbranched alkanes of at least 4 members (excludes halogenated alkanes) is 2. The highest BCUT2D eigenvalue weighted by Gasteiger charge is 2.40. The van der Waals surface area contributed by atoms with E-state index in [1.807, 2.05) is 86.6 Å². The summed E-state index contributed by atoms with van der Waals surface area (Å²) in [5, 5.41) is 22.0. The fraction of sp³-hybridized carbons (Fsp3) is 0.467. The highest BCUT2D eigenvalue weighted by molar-refractivity contribution is 5.87. The molecule has 5 rings (SSSR count). The first-order valence-electron chi connectivity index (χ1n) is 26.2. The van der Waals surface area contributed by atoms with Crippen molar-refractivity contribution in [2.24, 2.45) is 16.7 Å². The van der Waals surface area contributed by atoms with Crippen LogP contribution in [0.15, 0.2) is 115 Å². The Labute approximate surface area is 449 Å². The minimum atomic E-state index is -1.32. The molecule has 1 aliphatic rings. The van der Waals surface area contributed by atoms with Crippen LogP contribution in [0.25, 0.3) is 11.3 Å². The lowest BCUT2D eigenvalue weighted by Gasteiger charge is -2.37. The van der Waals surface area contributed by atoms with Gasteiger partial charge < -0.3 is 40.0 Å². The molecular weight excluding hydrogens is 965 g/mol. The molecule has 16 nitrogen and oxygen atoms in total. The molecule has 0 radical (unpaired) electrons. The van der Waals surface area contributed by atoms with E-state index in [4.69, 9.17) is 18.9 Å². The average Bonchev–Trinajstić information content (AvgIpc) is 3.36. The van der Waals surface area contributed by atoms with E-state index < -0.39 is 65.2 Å². The Kier molecular flexibility index (Phi) is 21.6. The van der Waals surface area contributed by atoms with Crippen LogP contribution < -0.4 is 26.1 Å². The number of ether oxygens (including phenoxy) is 4. The van der Waals surface area contributed by atoms with Crippen LogP contribution in [-0.2, 0) is 43.2 Å². The van der Waals surface area contributed by atoms with E-state index in [1.54, 1.807) is 64.9 Å². The van der Waals surface area contributed by atoms with Crippen LogP contribution in [-0.4, -0.2) is 90.2 Å². The number of nitrogens with one attached hydrogen (secondary N) is 4. The number of benzene rings is 3. The van der Waals surface area contributed by atoms with Gasteiger partial charge in [0.25, 0.3) is 5.91 Å². The molecule has 4 amide bonds. The summed E-state index contributed by atoms with van der Waals surface area (Å²) >= 11 is 0. The molecule has 0 saturated heterocycles. The predicted octanol–water partition coefficient (Wildman–Crippen LogP) is 10.9. The summed E-state index contributed by atoms with van der Waals surface area (Å²) in [5.74, 6) is -1.54. The summed E-state index contributed by atoms with van der Waals surface area (Å²) in [5.41, 5.74) is 7.70. The number of hydrogen-bond donors (Lipinski definition) is 5. The zero-order valence-electron chi connectivity index (χ0n) is 46.3. The van der Waals surface area contributed by atoms with Gasteiger partial charge in [-0.1, -0.05) is 146 Å². The van der Waals surface area contributed by atoms with E-state index in [-0.39, 0.29) is 42.8 Å². The third-order valence-electron chi connectivity index (χ3n) is 13.6. The van der Waals surface area contributed by atoms with Crippen molar-refractivity contribution in [2.45, 2.75) is 144 Å². The van der Waals surface area contributed by atoms with Gasteiger partial charge in [-0.2, -0.15) is 0 Å². The molecule has 1 aromatic heterocycles. The average molecular weight is 1050 g/mol. The summed E-state index contributed by atoms with van der Waals surface area (Å²) in [7, 11) is 2.41. The van der Waals surface area contributed by atoms with Crippen molar-refractivity contribution in [1.29, 1.82) is 0 Å². The van der Waals surface area contributed by atoms with Gasteiger partial charge in [-0.25, -0.2) is 19.4 Å². The monoisotopic (exact) mass is 1040 g/mol. The number of carbonyl (C=O) groups excluding carboxylic acids is 5. The van der Waals surface area contributed by atoms with Crippen LogP contribution in [0.4, 0.5) is 14.4 Å². The minimum Gasteiger partial charge on any atom is -0.507 e. The summed E-state index contributed by atoms with van der Waals surface area (Å²) in [4.78, 5) is 74.3. The molecule has 4 aromatic rings. The van der Waals surface area contributed by atoms with Crippen molar-refractivity contribution in [3.63, 3.8) is 0 Å². The Balaban J connectivity index is 1.68. The molecule has 76 heavy (non-hydrogen) atoms. The van der Waals surface area contributed by atoms with Gasteiger partial charge in [0.05, 0.1) is 32.5 Å². The maximum absolute atomic E-state index is 15.0. The molecule has 2 unspecified atom stereocenters. The number of hydrazine groups is 1. The van der Waals surface area contributed by atoms with Crippen molar-refractivity contribution < 1.29 is 48.0 Å². The van der Waals surface area contributed by atoms with Crippen LogP contribution in [0.1, 0.15) is 123 Å².